The zero-order chi connectivity index (χ0) is 31.2. The molecule has 0 N–H and O–H groups in total. The van der Waals surface area contributed by atoms with Crippen LogP contribution in [-0.2, 0) is 19.1 Å². The summed E-state index contributed by atoms with van der Waals surface area (Å²) < 4.78 is 11.0. The van der Waals surface area contributed by atoms with Crippen molar-refractivity contribution in [3.05, 3.63) is 35.9 Å². The molecule has 0 saturated carbocycles. The number of ketones is 1. The Hall–Kier alpha value is -2.17. The number of carbonyl (C=O) groups is 3. The molecule has 0 amide bonds. The van der Waals surface area contributed by atoms with E-state index in [0.717, 1.165) is 32.1 Å². The fraction of sp³-hybridized carbons (Fsp3) is 0.763. The van der Waals surface area contributed by atoms with E-state index in [-0.39, 0.29) is 24.8 Å². The summed E-state index contributed by atoms with van der Waals surface area (Å²) in [6.07, 6.45) is 27.9. The van der Waals surface area contributed by atoms with Crippen LogP contribution in [0.3, 0.4) is 0 Å². The van der Waals surface area contributed by atoms with E-state index in [0.29, 0.717) is 18.4 Å². The van der Waals surface area contributed by atoms with Gasteiger partial charge in [0.15, 0.2) is 12.4 Å². The zero-order valence-electron chi connectivity index (χ0n) is 27.9. The van der Waals surface area contributed by atoms with Gasteiger partial charge in [-0.15, -0.1) is 0 Å². The highest BCUT2D eigenvalue weighted by atomic mass is 16.6. The highest BCUT2D eigenvalue weighted by Gasteiger charge is 2.20. The molecule has 246 valence electrons. The molecule has 1 aromatic rings. The number of esters is 2. The maximum absolute atomic E-state index is 12.6. The Morgan fingerprint density at radius 2 is 1.00 bits per heavy atom. The molecule has 0 aliphatic heterocycles. The third kappa shape index (κ3) is 23.9. The highest BCUT2D eigenvalue weighted by Crippen LogP contribution is 2.17. The first-order valence-corrected chi connectivity index (χ1v) is 18.0. The van der Waals surface area contributed by atoms with Gasteiger partial charge in [0.2, 0.25) is 0 Å². The molecule has 0 fully saturated rings. The smallest absolute Gasteiger partial charge is 0.310 e. The van der Waals surface area contributed by atoms with Gasteiger partial charge in [0.05, 0.1) is 6.42 Å². The second-order valence-electron chi connectivity index (χ2n) is 12.4. The van der Waals surface area contributed by atoms with Crippen LogP contribution in [-0.4, -0.2) is 30.4 Å². The van der Waals surface area contributed by atoms with Crippen LogP contribution in [0.2, 0.25) is 0 Å². The van der Waals surface area contributed by atoms with E-state index in [1.54, 1.807) is 24.3 Å². The van der Waals surface area contributed by atoms with E-state index in [1.165, 1.54) is 109 Å². The number of hydrogen-bond donors (Lipinski definition) is 0. The lowest BCUT2D eigenvalue weighted by atomic mass is 10.0. The maximum Gasteiger partial charge on any atom is 0.310 e. The molecule has 0 unspecified atom stereocenters. The molecule has 0 aromatic heterocycles. The Morgan fingerprint density at radius 1 is 0.558 bits per heavy atom. The first kappa shape index (κ1) is 38.9. The van der Waals surface area contributed by atoms with Crippen LogP contribution in [0.1, 0.15) is 185 Å². The summed E-state index contributed by atoms with van der Waals surface area (Å²) in [5.74, 6) is -0.944. The summed E-state index contributed by atoms with van der Waals surface area (Å²) in [6.45, 7) is 4.21. The SMILES string of the molecule is CCCCCCCCCCCCCCCC(=O)O[C@H](CCCCCCCCCCC)CC(=O)OCC(=O)c1ccccc1. The molecule has 1 rings (SSSR count). The maximum atomic E-state index is 12.6. The van der Waals surface area contributed by atoms with Crippen LogP contribution in [0.15, 0.2) is 30.3 Å². The van der Waals surface area contributed by atoms with E-state index < -0.39 is 12.1 Å². The van der Waals surface area contributed by atoms with Crippen molar-refractivity contribution in [1.82, 2.24) is 0 Å². The average molecular weight is 601 g/mol. The molecular weight excluding hydrogens is 536 g/mol. The summed E-state index contributed by atoms with van der Waals surface area (Å²) in [5, 5.41) is 0. The molecule has 0 saturated heterocycles. The Bertz CT molecular complexity index is 806. The first-order valence-electron chi connectivity index (χ1n) is 18.0. The van der Waals surface area contributed by atoms with E-state index in [2.05, 4.69) is 13.8 Å². The fourth-order valence-corrected chi connectivity index (χ4v) is 5.52. The lowest BCUT2D eigenvalue weighted by molar-refractivity contribution is -0.155. The number of rotatable bonds is 30. The normalized spacial score (nSPS) is 11.8. The van der Waals surface area contributed by atoms with Crippen molar-refractivity contribution in [2.75, 3.05) is 6.61 Å². The molecule has 0 heterocycles. The van der Waals surface area contributed by atoms with Gasteiger partial charge in [-0.1, -0.05) is 173 Å². The van der Waals surface area contributed by atoms with Crippen molar-refractivity contribution < 1.29 is 23.9 Å². The Morgan fingerprint density at radius 3 is 1.49 bits per heavy atom. The minimum atomic E-state index is -0.488. The molecule has 5 heteroatoms. The average Bonchev–Trinajstić information content (AvgIpc) is 3.01. The zero-order valence-corrected chi connectivity index (χ0v) is 27.9. The first-order chi connectivity index (χ1) is 21.1. The number of unbranched alkanes of at least 4 members (excludes halogenated alkanes) is 20. The number of Topliss-reactive ketones (excluding diaryl/α,β-unsaturated/α-hetero) is 1. The summed E-state index contributed by atoms with van der Waals surface area (Å²) in [4.78, 5) is 37.5. The van der Waals surface area contributed by atoms with Crippen LogP contribution in [0.25, 0.3) is 0 Å². The van der Waals surface area contributed by atoms with Crippen molar-refractivity contribution in [2.45, 2.75) is 180 Å². The molecule has 0 spiro atoms. The summed E-state index contributed by atoms with van der Waals surface area (Å²) in [6, 6.07) is 8.83. The molecular formula is C38H64O5. The molecule has 43 heavy (non-hydrogen) atoms. The topological polar surface area (TPSA) is 69.7 Å². The lowest BCUT2D eigenvalue weighted by Crippen LogP contribution is -2.24. The predicted molar refractivity (Wildman–Crippen MR) is 178 cm³/mol. The Kier molecular flexibility index (Phi) is 25.8. The van der Waals surface area contributed by atoms with Gasteiger partial charge >= 0.3 is 11.9 Å². The van der Waals surface area contributed by atoms with Gasteiger partial charge in [0.1, 0.15) is 6.10 Å². The van der Waals surface area contributed by atoms with E-state index in [9.17, 15) is 14.4 Å². The number of carbonyl (C=O) groups excluding carboxylic acids is 3. The highest BCUT2D eigenvalue weighted by molar-refractivity contribution is 5.97. The largest absolute Gasteiger partial charge is 0.462 e. The van der Waals surface area contributed by atoms with Gasteiger partial charge in [0, 0.05) is 12.0 Å². The molecule has 0 aliphatic rings. The van der Waals surface area contributed by atoms with Gasteiger partial charge in [0.25, 0.3) is 0 Å². The summed E-state index contributed by atoms with van der Waals surface area (Å²) in [5.41, 5.74) is 0.519. The van der Waals surface area contributed by atoms with Gasteiger partial charge in [-0.3, -0.25) is 14.4 Å². The van der Waals surface area contributed by atoms with Crippen molar-refractivity contribution in [3.63, 3.8) is 0 Å². The van der Waals surface area contributed by atoms with Crippen LogP contribution in [0.4, 0.5) is 0 Å². The second-order valence-corrected chi connectivity index (χ2v) is 12.4. The van der Waals surface area contributed by atoms with E-state index in [4.69, 9.17) is 9.47 Å². The van der Waals surface area contributed by atoms with Gasteiger partial charge in [-0.05, 0) is 19.3 Å². The quantitative estimate of drug-likeness (QED) is 0.0499. The minimum absolute atomic E-state index is 0.00340. The molecule has 1 aromatic carbocycles. The summed E-state index contributed by atoms with van der Waals surface area (Å²) >= 11 is 0. The van der Waals surface area contributed by atoms with Crippen molar-refractivity contribution in [3.8, 4) is 0 Å². The number of hydrogen-bond acceptors (Lipinski definition) is 5. The number of ether oxygens (including phenoxy) is 2. The van der Waals surface area contributed by atoms with Crippen molar-refractivity contribution in [2.24, 2.45) is 0 Å². The fourth-order valence-electron chi connectivity index (χ4n) is 5.52. The van der Waals surface area contributed by atoms with Crippen LogP contribution in [0, 0.1) is 0 Å². The van der Waals surface area contributed by atoms with Crippen LogP contribution in [0.5, 0.6) is 0 Å². The number of benzene rings is 1. The van der Waals surface area contributed by atoms with Gasteiger partial charge in [-0.2, -0.15) is 0 Å². The van der Waals surface area contributed by atoms with Gasteiger partial charge < -0.3 is 9.47 Å². The van der Waals surface area contributed by atoms with E-state index >= 15 is 0 Å². The Balaban J connectivity index is 2.29. The van der Waals surface area contributed by atoms with Crippen LogP contribution >= 0.6 is 0 Å². The van der Waals surface area contributed by atoms with Crippen molar-refractivity contribution in [1.29, 1.82) is 0 Å². The monoisotopic (exact) mass is 600 g/mol. The standard InChI is InChI=1S/C38H64O5/c1-3-5-7-9-11-13-14-15-16-18-20-22-27-31-37(40)43-35(30-26-21-19-17-12-10-8-6-4-2)32-38(41)42-33-36(39)34-28-24-23-25-29-34/h23-25,28-29,35H,3-22,26-27,30-33H2,1-2H3/t35-/m1/s1. The molecule has 5 nitrogen and oxygen atoms in total. The predicted octanol–water partition coefficient (Wildman–Crippen LogP) is 11.1. The van der Waals surface area contributed by atoms with Gasteiger partial charge in [-0.25, -0.2) is 0 Å². The Labute approximate surface area is 264 Å². The molecule has 0 radical (unpaired) electrons. The molecule has 0 bridgehead atoms. The molecule has 0 aliphatic carbocycles. The van der Waals surface area contributed by atoms with Crippen LogP contribution < -0.4 is 0 Å². The van der Waals surface area contributed by atoms with Crippen molar-refractivity contribution >= 4 is 17.7 Å². The molecule has 1 atom stereocenters. The lowest BCUT2D eigenvalue weighted by Gasteiger charge is -2.17. The third-order valence-electron chi connectivity index (χ3n) is 8.27. The minimum Gasteiger partial charge on any atom is -0.462 e. The third-order valence-corrected chi connectivity index (χ3v) is 8.27. The second kappa shape index (κ2) is 28.6. The summed E-state index contributed by atoms with van der Waals surface area (Å²) in [7, 11) is 0. The van der Waals surface area contributed by atoms with E-state index in [1.807, 2.05) is 6.07 Å².